The number of benzene rings is 1. The maximum atomic E-state index is 10.5. The number of rotatable bonds is 7. The molecule has 3 N–H and O–H groups in total. The van der Waals surface area contributed by atoms with E-state index >= 15 is 0 Å². The number of nitrogens with one attached hydrogen (secondary N) is 1. The topological polar surface area (TPSA) is 76.7 Å². The largest absolute Gasteiger partial charge is 0.493 e. The lowest BCUT2D eigenvalue weighted by molar-refractivity contribution is 0.249. The first-order valence-corrected chi connectivity index (χ1v) is 6.52. The van der Waals surface area contributed by atoms with Crippen LogP contribution in [0.15, 0.2) is 23.3 Å². The second-order valence-electron chi connectivity index (χ2n) is 3.97. The number of nitrogens with two attached hydrogens (primary N) is 1. The molecule has 0 fully saturated rings. The van der Waals surface area contributed by atoms with Crippen LogP contribution in [-0.2, 0) is 0 Å². The van der Waals surface area contributed by atoms with Gasteiger partial charge in [0.2, 0.25) is 0 Å². The molecule has 1 rings (SSSR count). The van der Waals surface area contributed by atoms with Gasteiger partial charge in [-0.05, 0) is 24.6 Å². The third kappa shape index (κ3) is 6.10. The summed E-state index contributed by atoms with van der Waals surface area (Å²) in [5, 5.41) is 4.27. The maximum Gasteiger partial charge on any atom is 0.332 e. The van der Waals surface area contributed by atoms with E-state index in [0.717, 1.165) is 19.3 Å². The van der Waals surface area contributed by atoms with Crippen molar-refractivity contribution in [1.82, 2.24) is 5.43 Å². The highest BCUT2D eigenvalue weighted by molar-refractivity contribution is 6.30. The lowest BCUT2D eigenvalue weighted by Gasteiger charge is -2.09. The molecule has 0 radical (unpaired) electrons. The molecule has 0 bridgehead atoms. The van der Waals surface area contributed by atoms with Crippen LogP contribution in [0.5, 0.6) is 5.75 Å². The van der Waals surface area contributed by atoms with Gasteiger partial charge in [0, 0.05) is 10.6 Å². The SMILES string of the molecule is CCCCCOc1ccc(Cl)cc1C=NNC(N)=O. The van der Waals surface area contributed by atoms with Gasteiger partial charge in [-0.25, -0.2) is 10.2 Å². The number of unbranched alkanes of at least 4 members (excludes halogenated alkanes) is 2. The number of ether oxygens (including phenoxy) is 1. The molecule has 0 atom stereocenters. The Balaban J connectivity index is 2.68. The van der Waals surface area contributed by atoms with Gasteiger partial charge in [0.1, 0.15) is 5.75 Å². The second-order valence-corrected chi connectivity index (χ2v) is 4.41. The third-order valence-electron chi connectivity index (χ3n) is 2.36. The van der Waals surface area contributed by atoms with E-state index in [9.17, 15) is 4.79 Å². The Labute approximate surface area is 117 Å². The van der Waals surface area contributed by atoms with E-state index < -0.39 is 6.03 Å². The van der Waals surface area contributed by atoms with Crippen LogP contribution in [0, 0.1) is 0 Å². The van der Waals surface area contributed by atoms with Crippen molar-refractivity contribution in [1.29, 1.82) is 0 Å². The average Bonchev–Trinajstić information content (AvgIpc) is 2.36. The normalized spacial score (nSPS) is 10.6. The lowest BCUT2D eigenvalue weighted by Crippen LogP contribution is -2.24. The van der Waals surface area contributed by atoms with Gasteiger partial charge in [-0.1, -0.05) is 31.4 Å². The molecule has 0 aliphatic heterocycles. The van der Waals surface area contributed by atoms with Gasteiger partial charge in [0.15, 0.2) is 0 Å². The number of halogens is 1. The molecule has 0 unspecified atom stereocenters. The zero-order valence-electron chi connectivity index (χ0n) is 10.9. The highest BCUT2D eigenvalue weighted by Crippen LogP contribution is 2.21. The molecule has 0 saturated heterocycles. The van der Waals surface area contributed by atoms with Crippen molar-refractivity contribution in [3.05, 3.63) is 28.8 Å². The first kappa shape index (κ1) is 15.3. The minimum atomic E-state index is -0.719. The van der Waals surface area contributed by atoms with E-state index in [2.05, 4.69) is 17.5 Å². The molecule has 1 aromatic carbocycles. The summed E-state index contributed by atoms with van der Waals surface area (Å²) in [6.45, 7) is 2.77. The highest BCUT2D eigenvalue weighted by atomic mass is 35.5. The monoisotopic (exact) mass is 283 g/mol. The van der Waals surface area contributed by atoms with Crippen LogP contribution in [0.1, 0.15) is 31.7 Å². The molecule has 0 spiro atoms. The molecule has 5 nitrogen and oxygen atoms in total. The van der Waals surface area contributed by atoms with Crippen molar-refractivity contribution in [2.45, 2.75) is 26.2 Å². The van der Waals surface area contributed by atoms with E-state index in [1.54, 1.807) is 18.2 Å². The number of primary amides is 1. The molecule has 0 saturated carbocycles. The molecule has 2 amide bonds. The van der Waals surface area contributed by atoms with Crippen molar-refractivity contribution in [3.8, 4) is 5.75 Å². The van der Waals surface area contributed by atoms with E-state index in [1.807, 2.05) is 0 Å². The number of hydrazone groups is 1. The summed E-state index contributed by atoms with van der Waals surface area (Å²) in [7, 11) is 0. The fourth-order valence-corrected chi connectivity index (χ4v) is 1.63. The van der Waals surface area contributed by atoms with Gasteiger partial charge in [0.05, 0.1) is 12.8 Å². The van der Waals surface area contributed by atoms with E-state index in [4.69, 9.17) is 22.1 Å². The standard InChI is InChI=1S/C13H18ClN3O2/c1-2-3-4-7-19-12-6-5-11(14)8-10(12)9-16-17-13(15)18/h5-6,8-9H,2-4,7H2,1H3,(H3,15,17,18). The second kappa shape index (κ2) is 8.37. The summed E-state index contributed by atoms with van der Waals surface area (Å²) in [6, 6.07) is 4.52. The van der Waals surface area contributed by atoms with E-state index in [0.29, 0.717) is 22.9 Å². The summed E-state index contributed by atoms with van der Waals surface area (Å²) in [5.74, 6) is 0.676. The molecule has 0 aromatic heterocycles. The summed E-state index contributed by atoms with van der Waals surface area (Å²) >= 11 is 5.91. The number of carbonyl (C=O) groups is 1. The van der Waals surface area contributed by atoms with Gasteiger partial charge in [-0.15, -0.1) is 0 Å². The number of carbonyl (C=O) groups excluding carboxylic acids is 1. The Morgan fingerprint density at radius 3 is 3.00 bits per heavy atom. The Kier molecular flexibility index (Phi) is 6.74. The first-order chi connectivity index (χ1) is 9.13. The van der Waals surface area contributed by atoms with E-state index in [1.165, 1.54) is 6.21 Å². The fourth-order valence-electron chi connectivity index (χ4n) is 1.45. The Morgan fingerprint density at radius 2 is 2.32 bits per heavy atom. The Hall–Kier alpha value is -1.75. The first-order valence-electron chi connectivity index (χ1n) is 6.14. The molecule has 19 heavy (non-hydrogen) atoms. The molecule has 0 aliphatic carbocycles. The number of amides is 2. The molecule has 1 aromatic rings. The van der Waals surface area contributed by atoms with Crippen molar-refractivity contribution < 1.29 is 9.53 Å². The van der Waals surface area contributed by atoms with Gasteiger partial charge in [-0.3, -0.25) is 0 Å². The van der Waals surface area contributed by atoms with Gasteiger partial charge in [0.25, 0.3) is 0 Å². The zero-order valence-corrected chi connectivity index (χ0v) is 11.6. The number of urea groups is 1. The quantitative estimate of drug-likeness (QED) is 0.458. The van der Waals surface area contributed by atoms with Gasteiger partial charge in [-0.2, -0.15) is 5.10 Å². The van der Waals surface area contributed by atoms with Crippen molar-refractivity contribution in [3.63, 3.8) is 0 Å². The van der Waals surface area contributed by atoms with Crippen LogP contribution in [0.4, 0.5) is 4.79 Å². The Bertz CT molecular complexity index is 450. The van der Waals surface area contributed by atoms with Crippen LogP contribution >= 0.6 is 11.6 Å². The van der Waals surface area contributed by atoms with Gasteiger partial charge < -0.3 is 10.5 Å². The predicted molar refractivity (Wildman–Crippen MR) is 76.8 cm³/mol. The van der Waals surface area contributed by atoms with Crippen molar-refractivity contribution in [2.24, 2.45) is 10.8 Å². The van der Waals surface area contributed by atoms with Crippen molar-refractivity contribution >= 4 is 23.8 Å². The average molecular weight is 284 g/mol. The van der Waals surface area contributed by atoms with Crippen LogP contribution < -0.4 is 15.9 Å². The maximum absolute atomic E-state index is 10.5. The van der Waals surface area contributed by atoms with Crippen LogP contribution in [-0.4, -0.2) is 18.9 Å². The fraction of sp³-hybridized carbons (Fsp3) is 0.385. The summed E-state index contributed by atoms with van der Waals surface area (Å²) in [5.41, 5.74) is 7.74. The summed E-state index contributed by atoms with van der Waals surface area (Å²) < 4.78 is 5.66. The Morgan fingerprint density at radius 1 is 1.53 bits per heavy atom. The molecule has 0 aliphatic rings. The number of hydrogen-bond donors (Lipinski definition) is 2. The molecule has 104 valence electrons. The molecular weight excluding hydrogens is 266 g/mol. The summed E-state index contributed by atoms with van der Waals surface area (Å²) in [4.78, 5) is 10.5. The van der Waals surface area contributed by atoms with Crippen molar-refractivity contribution in [2.75, 3.05) is 6.61 Å². The van der Waals surface area contributed by atoms with E-state index in [-0.39, 0.29) is 0 Å². The highest BCUT2D eigenvalue weighted by Gasteiger charge is 2.03. The summed E-state index contributed by atoms with van der Waals surface area (Å²) in [6.07, 6.45) is 4.71. The molecular formula is C13H18ClN3O2. The molecule has 0 heterocycles. The minimum absolute atomic E-state index is 0.571. The van der Waals surface area contributed by atoms with Crippen LogP contribution in [0.3, 0.4) is 0 Å². The smallest absolute Gasteiger partial charge is 0.332 e. The van der Waals surface area contributed by atoms with Crippen LogP contribution in [0.2, 0.25) is 5.02 Å². The minimum Gasteiger partial charge on any atom is -0.493 e. The molecule has 6 heteroatoms. The third-order valence-corrected chi connectivity index (χ3v) is 2.59. The zero-order chi connectivity index (χ0) is 14.1. The lowest BCUT2D eigenvalue weighted by atomic mass is 10.2. The predicted octanol–water partition coefficient (Wildman–Crippen LogP) is 2.91. The van der Waals surface area contributed by atoms with Crippen LogP contribution in [0.25, 0.3) is 0 Å². The van der Waals surface area contributed by atoms with Gasteiger partial charge >= 0.3 is 6.03 Å². The number of nitrogens with zero attached hydrogens (tertiary/aromatic N) is 1. The number of hydrogen-bond acceptors (Lipinski definition) is 3.